The molecule has 7 nitrogen and oxygen atoms in total. The number of hydrogen-bond acceptors (Lipinski definition) is 6. The second kappa shape index (κ2) is 8.07. The number of benzene rings is 1. The molecule has 3 heterocycles. The van der Waals surface area contributed by atoms with Gasteiger partial charge in [-0.3, -0.25) is 10.1 Å². The highest BCUT2D eigenvalue weighted by Gasteiger charge is 2.14. The highest BCUT2D eigenvalue weighted by atomic mass is 32.1. The summed E-state index contributed by atoms with van der Waals surface area (Å²) in [7, 11) is 0. The summed E-state index contributed by atoms with van der Waals surface area (Å²) in [6.07, 6.45) is 6.11. The van der Waals surface area contributed by atoms with Gasteiger partial charge in [0, 0.05) is 23.5 Å². The van der Waals surface area contributed by atoms with Gasteiger partial charge in [0.25, 0.3) is 0 Å². The van der Waals surface area contributed by atoms with Gasteiger partial charge in [0.2, 0.25) is 11.8 Å². The van der Waals surface area contributed by atoms with E-state index in [2.05, 4.69) is 20.6 Å². The van der Waals surface area contributed by atoms with E-state index in [9.17, 15) is 4.79 Å². The van der Waals surface area contributed by atoms with Crippen molar-refractivity contribution in [2.45, 2.75) is 6.92 Å². The number of oxazole rings is 1. The third-order valence-electron chi connectivity index (χ3n) is 4.16. The molecule has 1 amide bonds. The zero-order valence-corrected chi connectivity index (χ0v) is 16.2. The van der Waals surface area contributed by atoms with Crippen LogP contribution in [-0.2, 0) is 4.79 Å². The number of nitrogens with zero attached hydrogens (tertiary/aromatic N) is 2. The van der Waals surface area contributed by atoms with Gasteiger partial charge >= 0.3 is 0 Å². The van der Waals surface area contributed by atoms with Crippen LogP contribution >= 0.6 is 12.2 Å². The quantitative estimate of drug-likeness (QED) is 0.386. The molecule has 0 radical (unpaired) electrons. The first-order chi connectivity index (χ1) is 14.1. The smallest absolute Gasteiger partial charge is 0.250 e. The number of carbonyl (C=O) groups is 1. The van der Waals surface area contributed by atoms with Gasteiger partial charge in [0.1, 0.15) is 5.76 Å². The molecule has 4 rings (SSSR count). The van der Waals surface area contributed by atoms with E-state index in [-0.39, 0.29) is 11.0 Å². The Morgan fingerprint density at radius 2 is 2.07 bits per heavy atom. The van der Waals surface area contributed by atoms with E-state index in [4.69, 9.17) is 21.1 Å². The molecular formula is C21H16N4O3S. The zero-order chi connectivity index (χ0) is 20.2. The Bertz CT molecular complexity index is 1180. The van der Waals surface area contributed by atoms with Gasteiger partial charge in [-0.25, -0.2) is 4.98 Å². The van der Waals surface area contributed by atoms with Crippen LogP contribution in [0.3, 0.4) is 0 Å². The number of hydrogen-bond donors (Lipinski definition) is 2. The van der Waals surface area contributed by atoms with Crippen LogP contribution in [0.5, 0.6) is 0 Å². The number of furan rings is 1. The predicted octanol–water partition coefficient (Wildman–Crippen LogP) is 4.32. The topological polar surface area (TPSA) is 93.2 Å². The lowest BCUT2D eigenvalue weighted by Gasteiger charge is -2.12. The number of carbonyl (C=O) groups excluding carboxylic acids is 1. The number of fused-ring (bicyclic) bond motifs is 1. The molecule has 0 aliphatic carbocycles. The van der Waals surface area contributed by atoms with Crippen LogP contribution in [0.4, 0.5) is 5.69 Å². The molecular weight excluding hydrogens is 388 g/mol. The molecule has 0 saturated carbocycles. The van der Waals surface area contributed by atoms with Gasteiger partial charge < -0.3 is 14.2 Å². The Labute approximate surface area is 171 Å². The summed E-state index contributed by atoms with van der Waals surface area (Å²) in [6.45, 7) is 1.92. The number of pyridine rings is 1. The average molecular weight is 404 g/mol. The van der Waals surface area contributed by atoms with Gasteiger partial charge in [-0.1, -0.05) is 6.07 Å². The SMILES string of the molecule is Cc1c(NC(=S)NC(=O)/C=C/c2ccco2)cccc1-c1nc2ncccc2o1. The number of amides is 1. The summed E-state index contributed by atoms with van der Waals surface area (Å²) < 4.78 is 10.9. The molecule has 8 heteroatoms. The van der Waals surface area contributed by atoms with Crippen molar-refractivity contribution in [3.8, 4) is 11.5 Å². The Balaban J connectivity index is 1.48. The summed E-state index contributed by atoms with van der Waals surface area (Å²) in [5, 5.41) is 5.82. The van der Waals surface area contributed by atoms with Crippen LogP contribution < -0.4 is 10.6 Å². The maximum Gasteiger partial charge on any atom is 0.250 e. The third kappa shape index (κ3) is 4.22. The minimum atomic E-state index is -0.363. The molecule has 144 valence electrons. The second-order valence-electron chi connectivity index (χ2n) is 6.11. The van der Waals surface area contributed by atoms with Gasteiger partial charge in [0.05, 0.1) is 6.26 Å². The molecule has 0 aliphatic rings. The normalized spacial score (nSPS) is 11.1. The van der Waals surface area contributed by atoms with Crippen molar-refractivity contribution in [1.82, 2.24) is 15.3 Å². The van der Waals surface area contributed by atoms with Crippen LogP contribution in [0, 0.1) is 6.92 Å². The van der Waals surface area contributed by atoms with Crippen LogP contribution in [0.25, 0.3) is 28.8 Å². The molecule has 0 saturated heterocycles. The maximum absolute atomic E-state index is 12.0. The summed E-state index contributed by atoms with van der Waals surface area (Å²) >= 11 is 5.25. The van der Waals surface area contributed by atoms with Crippen LogP contribution in [0.1, 0.15) is 11.3 Å². The van der Waals surface area contributed by atoms with E-state index in [0.29, 0.717) is 22.9 Å². The van der Waals surface area contributed by atoms with E-state index in [1.54, 1.807) is 30.5 Å². The summed E-state index contributed by atoms with van der Waals surface area (Å²) in [5.41, 5.74) is 3.58. The van der Waals surface area contributed by atoms with Gasteiger partial charge in [-0.2, -0.15) is 4.98 Å². The monoisotopic (exact) mass is 404 g/mol. The number of rotatable bonds is 4. The molecule has 0 unspecified atom stereocenters. The molecule has 3 aromatic heterocycles. The molecule has 2 N–H and O–H groups in total. The fraction of sp³-hybridized carbons (Fsp3) is 0.0476. The number of anilines is 1. The standard InChI is InChI=1S/C21H16N4O3S/c1-13-15(20-25-19-17(28-20)8-3-11-22-19)6-2-7-16(13)23-21(29)24-18(26)10-9-14-5-4-12-27-14/h2-12H,1H3,(H2,23,24,26,29)/b10-9+. The Kier molecular flexibility index (Phi) is 5.17. The zero-order valence-electron chi connectivity index (χ0n) is 15.4. The van der Waals surface area contributed by atoms with Crippen LogP contribution in [-0.4, -0.2) is 21.0 Å². The van der Waals surface area contributed by atoms with Crippen molar-refractivity contribution >= 4 is 46.2 Å². The van der Waals surface area contributed by atoms with Crippen LogP contribution in [0.15, 0.2) is 69.8 Å². The molecule has 4 aromatic rings. The van der Waals surface area contributed by atoms with Crippen LogP contribution in [0.2, 0.25) is 0 Å². The Morgan fingerprint density at radius 3 is 2.86 bits per heavy atom. The molecule has 0 fully saturated rings. The lowest BCUT2D eigenvalue weighted by molar-refractivity contribution is -0.115. The first-order valence-corrected chi connectivity index (χ1v) is 9.16. The first kappa shape index (κ1) is 18.6. The minimum Gasteiger partial charge on any atom is -0.465 e. The third-order valence-corrected chi connectivity index (χ3v) is 4.36. The van der Waals surface area contributed by atoms with Crippen molar-refractivity contribution in [1.29, 1.82) is 0 Å². The maximum atomic E-state index is 12.0. The summed E-state index contributed by atoms with van der Waals surface area (Å²) in [6, 6.07) is 12.7. The first-order valence-electron chi connectivity index (χ1n) is 8.75. The largest absolute Gasteiger partial charge is 0.465 e. The highest BCUT2D eigenvalue weighted by molar-refractivity contribution is 7.80. The molecule has 0 atom stereocenters. The van der Waals surface area contributed by atoms with Crippen molar-refractivity contribution < 1.29 is 13.6 Å². The Morgan fingerprint density at radius 1 is 1.17 bits per heavy atom. The molecule has 0 bridgehead atoms. The lowest BCUT2D eigenvalue weighted by atomic mass is 10.1. The van der Waals surface area contributed by atoms with Gasteiger partial charge in [-0.15, -0.1) is 0 Å². The van der Waals surface area contributed by atoms with Gasteiger partial charge in [-0.05, 0) is 67.2 Å². The fourth-order valence-electron chi connectivity index (χ4n) is 2.74. The fourth-order valence-corrected chi connectivity index (χ4v) is 2.95. The van der Waals surface area contributed by atoms with E-state index in [1.807, 2.05) is 31.2 Å². The predicted molar refractivity (Wildman–Crippen MR) is 114 cm³/mol. The second-order valence-corrected chi connectivity index (χ2v) is 6.52. The molecule has 1 aromatic carbocycles. The van der Waals surface area contributed by atoms with Crippen molar-refractivity contribution in [2.24, 2.45) is 0 Å². The van der Waals surface area contributed by atoms with E-state index < -0.39 is 0 Å². The van der Waals surface area contributed by atoms with Crippen molar-refractivity contribution in [2.75, 3.05) is 5.32 Å². The Hall–Kier alpha value is -3.78. The average Bonchev–Trinajstić information content (AvgIpc) is 3.37. The summed E-state index contributed by atoms with van der Waals surface area (Å²) in [4.78, 5) is 20.6. The molecule has 29 heavy (non-hydrogen) atoms. The number of aromatic nitrogens is 2. The van der Waals surface area contributed by atoms with Crippen molar-refractivity contribution in [3.63, 3.8) is 0 Å². The van der Waals surface area contributed by atoms with Crippen molar-refractivity contribution in [3.05, 3.63) is 72.3 Å². The van der Waals surface area contributed by atoms with E-state index >= 15 is 0 Å². The molecule has 0 spiro atoms. The highest BCUT2D eigenvalue weighted by Crippen LogP contribution is 2.29. The molecule has 0 aliphatic heterocycles. The summed E-state index contributed by atoms with van der Waals surface area (Å²) in [5.74, 6) is 0.685. The minimum absolute atomic E-state index is 0.179. The number of thiocarbonyl (C=S) groups is 1. The van der Waals surface area contributed by atoms with E-state index in [0.717, 1.165) is 16.8 Å². The number of nitrogens with one attached hydrogen (secondary N) is 2. The lowest BCUT2D eigenvalue weighted by Crippen LogP contribution is -2.33. The van der Waals surface area contributed by atoms with Gasteiger partial charge in [0.15, 0.2) is 16.3 Å². The van der Waals surface area contributed by atoms with E-state index in [1.165, 1.54) is 12.3 Å².